The number of rotatable bonds is 1. The Morgan fingerprint density at radius 1 is 0.556 bits per heavy atom. The molecule has 106 valence electrons. The van der Waals surface area contributed by atoms with Crippen molar-refractivity contribution in [2.24, 2.45) is 35.5 Å². The molecule has 0 aromatic carbocycles. The highest BCUT2D eigenvalue weighted by molar-refractivity contribution is 4.82. The van der Waals surface area contributed by atoms with Gasteiger partial charge in [-0.05, 0) is 61.2 Å². The third kappa shape index (κ3) is 3.75. The van der Waals surface area contributed by atoms with Gasteiger partial charge in [0, 0.05) is 0 Å². The van der Waals surface area contributed by atoms with Crippen molar-refractivity contribution in [3.05, 3.63) is 0 Å². The van der Waals surface area contributed by atoms with E-state index in [1.54, 1.807) is 0 Å². The molecule has 0 bridgehead atoms. The van der Waals surface area contributed by atoms with E-state index in [9.17, 15) is 0 Å². The minimum atomic E-state index is 0.953. The molecule has 0 heteroatoms. The van der Waals surface area contributed by atoms with E-state index >= 15 is 0 Å². The molecule has 2 saturated carbocycles. The van der Waals surface area contributed by atoms with Crippen molar-refractivity contribution in [2.75, 3.05) is 0 Å². The largest absolute Gasteiger partial charge is 0.0625 e. The summed E-state index contributed by atoms with van der Waals surface area (Å²) in [6, 6.07) is 0. The molecule has 2 rings (SSSR count). The van der Waals surface area contributed by atoms with E-state index in [4.69, 9.17) is 0 Å². The van der Waals surface area contributed by atoms with Gasteiger partial charge in [-0.25, -0.2) is 0 Å². The van der Waals surface area contributed by atoms with Crippen molar-refractivity contribution in [1.82, 2.24) is 0 Å². The molecule has 0 aromatic rings. The lowest BCUT2D eigenvalue weighted by Crippen LogP contribution is -2.18. The summed E-state index contributed by atoms with van der Waals surface area (Å²) >= 11 is 0. The second kappa shape index (κ2) is 6.44. The van der Waals surface area contributed by atoms with Crippen LogP contribution in [0.3, 0.4) is 0 Å². The van der Waals surface area contributed by atoms with Gasteiger partial charge in [0.1, 0.15) is 0 Å². The SMILES string of the molecule is CC1CCCC([C@@H]2CC(C)CC(C)C(C)C2)CC1. The van der Waals surface area contributed by atoms with Gasteiger partial charge in [0.05, 0.1) is 0 Å². The molecule has 0 spiro atoms. The predicted octanol–water partition coefficient (Wildman–Crippen LogP) is 5.91. The lowest BCUT2D eigenvalue weighted by Gasteiger charge is -2.28. The molecular weight excluding hydrogens is 216 g/mol. The maximum atomic E-state index is 2.51. The van der Waals surface area contributed by atoms with Gasteiger partial charge in [-0.15, -0.1) is 0 Å². The first kappa shape index (κ1) is 14.4. The van der Waals surface area contributed by atoms with Crippen molar-refractivity contribution in [2.45, 2.75) is 79.1 Å². The fourth-order valence-electron chi connectivity index (χ4n) is 4.66. The lowest BCUT2D eigenvalue weighted by atomic mass is 9.78. The molecule has 0 aromatic heterocycles. The molecule has 5 unspecified atom stereocenters. The third-order valence-electron chi connectivity index (χ3n) is 6.09. The van der Waals surface area contributed by atoms with Crippen LogP contribution in [0.5, 0.6) is 0 Å². The standard InChI is InChI=1S/C18H34/c1-13-6-5-7-17(9-8-13)18-11-14(2)10-15(3)16(4)12-18/h13-18H,5-12H2,1-4H3/t13?,14?,15?,16?,17?,18-/m1/s1. The van der Waals surface area contributed by atoms with Crippen molar-refractivity contribution < 1.29 is 0 Å². The Balaban J connectivity index is 1.97. The molecule has 2 aliphatic rings. The Morgan fingerprint density at radius 2 is 1.28 bits per heavy atom. The van der Waals surface area contributed by atoms with Gasteiger partial charge in [0.2, 0.25) is 0 Å². The van der Waals surface area contributed by atoms with E-state index in [0.717, 1.165) is 35.5 Å². The molecule has 0 N–H and O–H groups in total. The summed E-state index contributed by atoms with van der Waals surface area (Å²) in [7, 11) is 0. The zero-order valence-electron chi connectivity index (χ0n) is 13.1. The summed E-state index contributed by atoms with van der Waals surface area (Å²) in [6.07, 6.45) is 12.1. The molecule has 6 atom stereocenters. The van der Waals surface area contributed by atoms with Crippen molar-refractivity contribution in [3.63, 3.8) is 0 Å². The van der Waals surface area contributed by atoms with Crippen LogP contribution in [0, 0.1) is 35.5 Å². The molecule has 0 radical (unpaired) electrons. The second-order valence-corrected chi connectivity index (χ2v) is 7.90. The van der Waals surface area contributed by atoms with Crippen molar-refractivity contribution in [3.8, 4) is 0 Å². The molecule has 0 amide bonds. The van der Waals surface area contributed by atoms with Gasteiger partial charge in [-0.2, -0.15) is 0 Å². The quantitative estimate of drug-likeness (QED) is 0.507. The van der Waals surface area contributed by atoms with E-state index in [-0.39, 0.29) is 0 Å². The van der Waals surface area contributed by atoms with Crippen molar-refractivity contribution in [1.29, 1.82) is 0 Å². The van der Waals surface area contributed by atoms with Gasteiger partial charge in [-0.1, -0.05) is 53.4 Å². The second-order valence-electron chi connectivity index (χ2n) is 7.90. The highest BCUT2D eigenvalue weighted by Crippen LogP contribution is 2.42. The Labute approximate surface area is 115 Å². The van der Waals surface area contributed by atoms with Crippen LogP contribution in [0.1, 0.15) is 79.1 Å². The smallest absolute Gasteiger partial charge is 0.0381 e. The van der Waals surface area contributed by atoms with Crippen LogP contribution < -0.4 is 0 Å². The fraction of sp³-hybridized carbons (Fsp3) is 1.00. The van der Waals surface area contributed by atoms with E-state index < -0.39 is 0 Å². The highest BCUT2D eigenvalue weighted by atomic mass is 14.4. The van der Waals surface area contributed by atoms with Gasteiger partial charge >= 0.3 is 0 Å². The molecule has 2 aliphatic carbocycles. The molecule has 0 saturated heterocycles. The van der Waals surface area contributed by atoms with Crippen molar-refractivity contribution >= 4 is 0 Å². The first-order valence-corrected chi connectivity index (χ1v) is 8.56. The predicted molar refractivity (Wildman–Crippen MR) is 80.6 cm³/mol. The molecular formula is C18H34. The molecule has 0 heterocycles. The monoisotopic (exact) mass is 250 g/mol. The highest BCUT2D eigenvalue weighted by Gasteiger charge is 2.31. The molecule has 0 aliphatic heterocycles. The van der Waals surface area contributed by atoms with E-state index in [1.807, 2.05) is 0 Å². The Morgan fingerprint density at radius 3 is 2.06 bits per heavy atom. The molecule has 0 nitrogen and oxygen atoms in total. The molecule has 18 heavy (non-hydrogen) atoms. The first-order chi connectivity index (χ1) is 8.56. The summed E-state index contributed by atoms with van der Waals surface area (Å²) in [5.41, 5.74) is 0. The summed E-state index contributed by atoms with van der Waals surface area (Å²) in [4.78, 5) is 0. The lowest BCUT2D eigenvalue weighted by molar-refractivity contribution is 0.226. The third-order valence-corrected chi connectivity index (χ3v) is 6.09. The average molecular weight is 250 g/mol. The fourth-order valence-corrected chi connectivity index (χ4v) is 4.66. The number of hydrogen-bond acceptors (Lipinski definition) is 0. The first-order valence-electron chi connectivity index (χ1n) is 8.56. The maximum absolute atomic E-state index is 2.51. The summed E-state index contributed by atoms with van der Waals surface area (Å²) < 4.78 is 0. The van der Waals surface area contributed by atoms with Crippen LogP contribution in [0.2, 0.25) is 0 Å². The minimum Gasteiger partial charge on any atom is -0.0625 e. The van der Waals surface area contributed by atoms with Crippen LogP contribution in [-0.2, 0) is 0 Å². The Bertz CT molecular complexity index is 244. The van der Waals surface area contributed by atoms with Crippen LogP contribution in [0.15, 0.2) is 0 Å². The van der Waals surface area contributed by atoms with E-state index in [1.165, 1.54) is 51.4 Å². The Hall–Kier alpha value is 0. The van der Waals surface area contributed by atoms with E-state index in [0.29, 0.717) is 0 Å². The zero-order chi connectivity index (χ0) is 13.1. The molecule has 2 fully saturated rings. The van der Waals surface area contributed by atoms with Gasteiger partial charge in [0.25, 0.3) is 0 Å². The summed E-state index contributed by atoms with van der Waals surface area (Å²) in [5, 5.41) is 0. The van der Waals surface area contributed by atoms with Crippen LogP contribution >= 0.6 is 0 Å². The van der Waals surface area contributed by atoms with Crippen LogP contribution in [-0.4, -0.2) is 0 Å². The number of hydrogen-bond donors (Lipinski definition) is 0. The van der Waals surface area contributed by atoms with Crippen LogP contribution in [0.25, 0.3) is 0 Å². The zero-order valence-corrected chi connectivity index (χ0v) is 13.1. The Kier molecular flexibility index (Phi) is 5.15. The average Bonchev–Trinajstić information content (AvgIpc) is 2.58. The van der Waals surface area contributed by atoms with Crippen LogP contribution in [0.4, 0.5) is 0 Å². The maximum Gasteiger partial charge on any atom is -0.0381 e. The minimum absolute atomic E-state index is 0.953. The van der Waals surface area contributed by atoms with Gasteiger partial charge in [-0.3, -0.25) is 0 Å². The topological polar surface area (TPSA) is 0 Å². The summed E-state index contributed by atoms with van der Waals surface area (Å²) in [5.74, 6) is 5.98. The van der Waals surface area contributed by atoms with Gasteiger partial charge < -0.3 is 0 Å². The van der Waals surface area contributed by atoms with E-state index in [2.05, 4.69) is 27.7 Å². The summed E-state index contributed by atoms with van der Waals surface area (Å²) in [6.45, 7) is 9.96. The van der Waals surface area contributed by atoms with Gasteiger partial charge in [0.15, 0.2) is 0 Å². The normalized spacial score (nSPS) is 47.3.